The fourth-order valence-corrected chi connectivity index (χ4v) is 2.79. The molecule has 2 aromatic rings. The van der Waals surface area contributed by atoms with E-state index in [9.17, 15) is 8.78 Å². The highest BCUT2D eigenvalue weighted by Crippen LogP contribution is 2.31. The quantitative estimate of drug-likeness (QED) is 0.289. The van der Waals surface area contributed by atoms with E-state index in [-0.39, 0.29) is 5.92 Å². The average Bonchev–Trinajstić information content (AvgIpc) is 2.66. The third-order valence-electron chi connectivity index (χ3n) is 3.66. The maximum absolute atomic E-state index is 12.4. The Hall–Kier alpha value is -1.71. The number of alkyl halides is 2. The van der Waals surface area contributed by atoms with E-state index in [1.54, 1.807) is 24.3 Å². The summed E-state index contributed by atoms with van der Waals surface area (Å²) in [4.78, 5) is 3.78. The molecular formula is C18H18F2O5S. The molecule has 2 aromatic carbocycles. The van der Waals surface area contributed by atoms with Gasteiger partial charge in [-0.1, -0.05) is 42.5 Å². The van der Waals surface area contributed by atoms with E-state index >= 15 is 0 Å². The van der Waals surface area contributed by atoms with Crippen molar-refractivity contribution in [2.75, 3.05) is 13.2 Å². The number of hydrogen-bond donors (Lipinski definition) is 0. The van der Waals surface area contributed by atoms with Crippen LogP contribution >= 0.6 is 12.3 Å². The Labute approximate surface area is 154 Å². The summed E-state index contributed by atoms with van der Waals surface area (Å²) >= 11 is 0.308. The first-order valence-corrected chi connectivity index (χ1v) is 8.63. The molecule has 3 rings (SSSR count). The maximum atomic E-state index is 12.4. The molecule has 0 radical (unpaired) electrons. The monoisotopic (exact) mass is 384 g/mol. The molecule has 0 unspecified atom stereocenters. The Balaban J connectivity index is 1.46. The molecular weight excluding hydrogens is 366 g/mol. The number of benzene rings is 2. The van der Waals surface area contributed by atoms with Gasteiger partial charge in [0.1, 0.15) is 5.75 Å². The molecule has 0 spiro atoms. The van der Waals surface area contributed by atoms with Crippen LogP contribution in [0.3, 0.4) is 0 Å². The van der Waals surface area contributed by atoms with Gasteiger partial charge in [0, 0.05) is 18.4 Å². The number of rotatable bonds is 7. The van der Waals surface area contributed by atoms with Crippen molar-refractivity contribution in [2.45, 2.75) is 25.2 Å². The summed E-state index contributed by atoms with van der Waals surface area (Å²) in [5, 5.41) is 0. The van der Waals surface area contributed by atoms with Crippen LogP contribution in [0, 0.1) is 0 Å². The molecule has 0 aliphatic carbocycles. The third-order valence-corrected chi connectivity index (χ3v) is 4.04. The van der Waals surface area contributed by atoms with Gasteiger partial charge in [0.25, 0.3) is 12.3 Å². The molecule has 1 aliphatic heterocycles. The minimum absolute atomic E-state index is 0.209. The second kappa shape index (κ2) is 8.79. The summed E-state index contributed by atoms with van der Waals surface area (Å²) in [5.74, 6) is 0.625. The molecule has 1 fully saturated rings. The zero-order chi connectivity index (χ0) is 18.4. The van der Waals surface area contributed by atoms with Crippen molar-refractivity contribution < 1.29 is 31.7 Å². The van der Waals surface area contributed by atoms with Crippen molar-refractivity contribution in [1.29, 1.82) is 0 Å². The normalized spacial score (nSPS) is 20.7. The lowest BCUT2D eigenvalue weighted by atomic mass is 10.0. The van der Waals surface area contributed by atoms with Crippen LogP contribution < -0.4 is 4.18 Å². The van der Waals surface area contributed by atoms with E-state index in [1.165, 1.54) is 5.56 Å². The Bertz CT molecular complexity index is 670. The van der Waals surface area contributed by atoms with Crippen LogP contribution in [0.5, 0.6) is 5.75 Å². The number of hydrogen-bond acceptors (Lipinski definition) is 6. The lowest BCUT2D eigenvalue weighted by Gasteiger charge is -2.30. The largest absolute Gasteiger partial charge is 0.399 e. The Morgan fingerprint density at radius 3 is 2.23 bits per heavy atom. The molecule has 1 aliphatic rings. The molecule has 0 N–H and O–H groups in total. The summed E-state index contributed by atoms with van der Waals surface area (Å²) in [6.45, 7) is 1.70. The molecule has 8 heteroatoms. The Kier molecular flexibility index (Phi) is 6.44. The molecule has 0 amide bonds. The topological polar surface area (TPSA) is 46.2 Å². The second-order valence-electron chi connectivity index (χ2n) is 5.79. The van der Waals surface area contributed by atoms with E-state index in [4.69, 9.17) is 13.7 Å². The van der Waals surface area contributed by atoms with E-state index in [0.717, 1.165) is 5.56 Å². The van der Waals surface area contributed by atoms with Crippen molar-refractivity contribution in [1.82, 2.24) is 0 Å². The zero-order valence-electron chi connectivity index (χ0n) is 14.0. The maximum Gasteiger partial charge on any atom is 0.379 e. The zero-order valence-corrected chi connectivity index (χ0v) is 14.8. The average molecular weight is 384 g/mol. The molecule has 26 heavy (non-hydrogen) atoms. The van der Waals surface area contributed by atoms with Crippen LogP contribution in [0.1, 0.15) is 30.3 Å². The second-order valence-corrected chi connectivity index (χ2v) is 6.22. The van der Waals surface area contributed by atoms with Crippen molar-refractivity contribution in [3.63, 3.8) is 0 Å². The van der Waals surface area contributed by atoms with Crippen LogP contribution in [0.25, 0.3) is 0 Å². The summed E-state index contributed by atoms with van der Waals surface area (Å²) in [6, 6.07) is 16.9. The van der Waals surface area contributed by atoms with Gasteiger partial charge >= 0.3 is 6.11 Å². The third kappa shape index (κ3) is 5.65. The summed E-state index contributed by atoms with van der Waals surface area (Å²) in [5.41, 5.74) is 2.03. The van der Waals surface area contributed by atoms with Crippen LogP contribution in [0.4, 0.5) is 8.78 Å². The predicted molar refractivity (Wildman–Crippen MR) is 91.3 cm³/mol. The first-order chi connectivity index (χ1) is 12.5. The molecule has 0 atom stereocenters. The highest BCUT2D eigenvalue weighted by atomic mass is 32.2. The Morgan fingerprint density at radius 1 is 0.962 bits per heavy atom. The summed E-state index contributed by atoms with van der Waals surface area (Å²) < 4.78 is 45.7. The fraction of sp³-hybridized carbons (Fsp3) is 0.333. The van der Waals surface area contributed by atoms with E-state index in [2.05, 4.69) is 21.4 Å². The van der Waals surface area contributed by atoms with Gasteiger partial charge in [-0.2, -0.15) is 8.78 Å². The minimum Gasteiger partial charge on any atom is -0.399 e. The Morgan fingerprint density at radius 2 is 1.62 bits per heavy atom. The van der Waals surface area contributed by atoms with Crippen molar-refractivity contribution in [3.05, 3.63) is 65.7 Å². The fourth-order valence-electron chi connectivity index (χ4n) is 2.42. The van der Waals surface area contributed by atoms with E-state index in [1.807, 2.05) is 18.2 Å². The molecule has 1 heterocycles. The van der Waals surface area contributed by atoms with Crippen LogP contribution in [0.2, 0.25) is 0 Å². The van der Waals surface area contributed by atoms with Crippen LogP contribution in [-0.4, -0.2) is 19.3 Å². The molecule has 5 nitrogen and oxygen atoms in total. The van der Waals surface area contributed by atoms with Gasteiger partial charge in [0.05, 0.1) is 13.2 Å². The standard InChI is InChI=1S/C18H18F2O5S/c1-18(19,20)24-25-26-23-16-9-7-14(8-10-16)17-21-11-15(12-22-17)13-5-3-2-4-6-13/h2-10,15,17H,11-12H2,1H3. The molecule has 0 aromatic heterocycles. The first-order valence-electron chi connectivity index (χ1n) is 7.96. The smallest absolute Gasteiger partial charge is 0.379 e. The van der Waals surface area contributed by atoms with Crippen molar-refractivity contribution >= 4 is 12.3 Å². The highest BCUT2D eigenvalue weighted by Gasteiger charge is 2.25. The van der Waals surface area contributed by atoms with Crippen molar-refractivity contribution in [3.8, 4) is 5.75 Å². The minimum atomic E-state index is -3.38. The van der Waals surface area contributed by atoms with E-state index < -0.39 is 12.4 Å². The van der Waals surface area contributed by atoms with Gasteiger partial charge < -0.3 is 13.7 Å². The van der Waals surface area contributed by atoms with Crippen LogP contribution in [-0.2, 0) is 18.7 Å². The molecule has 0 saturated carbocycles. The summed E-state index contributed by atoms with van der Waals surface area (Å²) in [6.07, 6.45) is -3.83. The van der Waals surface area contributed by atoms with Crippen LogP contribution in [0.15, 0.2) is 54.6 Å². The highest BCUT2D eigenvalue weighted by molar-refractivity contribution is 7.90. The number of halogens is 2. The van der Waals surface area contributed by atoms with Gasteiger partial charge in [-0.25, -0.2) is 0 Å². The van der Waals surface area contributed by atoms with Gasteiger partial charge in [0.15, 0.2) is 6.29 Å². The lowest BCUT2D eigenvalue weighted by Crippen LogP contribution is -2.25. The van der Waals surface area contributed by atoms with E-state index in [0.29, 0.717) is 38.2 Å². The van der Waals surface area contributed by atoms with Crippen molar-refractivity contribution in [2.24, 2.45) is 0 Å². The predicted octanol–water partition coefficient (Wildman–Crippen LogP) is 5.02. The lowest BCUT2D eigenvalue weighted by molar-refractivity contribution is -0.376. The molecule has 140 valence electrons. The first kappa shape index (κ1) is 19.1. The van der Waals surface area contributed by atoms with Gasteiger partial charge in [-0.3, -0.25) is 0 Å². The SMILES string of the molecule is CC(F)(F)OOSOc1ccc(C2OCC(c3ccccc3)CO2)cc1. The molecule has 1 saturated heterocycles. The van der Waals surface area contributed by atoms with Gasteiger partial charge in [0.2, 0.25) is 0 Å². The van der Waals surface area contributed by atoms with Gasteiger partial charge in [-0.05, 0) is 17.7 Å². The van der Waals surface area contributed by atoms with Gasteiger partial charge in [-0.15, -0.1) is 9.22 Å². The number of ether oxygens (including phenoxy) is 2. The molecule has 0 bridgehead atoms. The summed E-state index contributed by atoms with van der Waals surface area (Å²) in [7, 11) is 0.